The third-order valence-corrected chi connectivity index (χ3v) is 4.17. The highest BCUT2D eigenvalue weighted by molar-refractivity contribution is 5.83. The molecule has 1 heterocycles. The predicted molar refractivity (Wildman–Crippen MR) is 107 cm³/mol. The molecule has 0 amide bonds. The lowest BCUT2D eigenvalue weighted by Gasteiger charge is -2.20. The molecular formula is C20H36N2O5. The van der Waals surface area contributed by atoms with Gasteiger partial charge in [0, 0.05) is 25.6 Å². The number of rotatable bonds is 15. The smallest absolute Gasteiger partial charge is 0.327 e. The van der Waals surface area contributed by atoms with E-state index in [0.717, 1.165) is 32.1 Å². The maximum Gasteiger partial charge on any atom is 0.327 e. The van der Waals surface area contributed by atoms with Gasteiger partial charge in [-0.05, 0) is 6.42 Å². The van der Waals surface area contributed by atoms with Gasteiger partial charge in [-0.15, -0.1) is 0 Å². The molecule has 27 heavy (non-hydrogen) atoms. The van der Waals surface area contributed by atoms with Crippen molar-refractivity contribution in [2.75, 3.05) is 32.8 Å². The van der Waals surface area contributed by atoms with E-state index in [4.69, 9.17) is 14.9 Å². The van der Waals surface area contributed by atoms with Gasteiger partial charge in [-0.1, -0.05) is 52.0 Å². The Labute approximate surface area is 163 Å². The van der Waals surface area contributed by atoms with Crippen molar-refractivity contribution in [3.05, 3.63) is 12.7 Å². The number of unbranched alkanes of at least 4 members (excludes halogenated alkanes) is 6. The molecular weight excluding hydrogens is 348 g/mol. The fourth-order valence-electron chi connectivity index (χ4n) is 2.68. The molecule has 0 atom stereocenters. The minimum absolute atomic E-state index is 0.0823. The van der Waals surface area contributed by atoms with E-state index in [-0.39, 0.29) is 6.42 Å². The van der Waals surface area contributed by atoms with E-state index in [9.17, 15) is 9.59 Å². The molecule has 1 aliphatic heterocycles. The summed E-state index contributed by atoms with van der Waals surface area (Å²) in [6.45, 7) is 8.79. The highest BCUT2D eigenvalue weighted by Gasteiger charge is 2.15. The Morgan fingerprint density at radius 2 is 1.78 bits per heavy atom. The number of hydrogen-bond acceptors (Lipinski definition) is 5. The fraction of sp³-hybridized carbons (Fsp3) is 0.750. The van der Waals surface area contributed by atoms with Crippen LogP contribution in [0.25, 0.3) is 0 Å². The van der Waals surface area contributed by atoms with Crippen LogP contribution in [-0.2, 0) is 14.3 Å². The van der Waals surface area contributed by atoms with Crippen molar-refractivity contribution in [3.63, 3.8) is 0 Å². The Balaban J connectivity index is 0.00000119. The number of carbonyl (C=O) groups is 2. The van der Waals surface area contributed by atoms with Crippen LogP contribution in [0.15, 0.2) is 17.6 Å². The minimum Gasteiger partial charge on any atom is -0.481 e. The summed E-state index contributed by atoms with van der Waals surface area (Å²) in [7, 11) is 0. The Kier molecular flexibility index (Phi) is 16.3. The number of aliphatic imine (C=N–C) groups is 1. The van der Waals surface area contributed by atoms with Crippen LogP contribution in [0.4, 0.5) is 0 Å². The fourth-order valence-corrected chi connectivity index (χ4v) is 2.68. The number of nitrogens with zero attached hydrogens (tertiary/aromatic N) is 2. The average molecular weight is 385 g/mol. The molecule has 7 nitrogen and oxygen atoms in total. The first kappa shape index (κ1) is 25.1. The normalized spacial score (nSPS) is 12.9. The van der Waals surface area contributed by atoms with Crippen LogP contribution in [0.1, 0.15) is 64.7 Å². The lowest BCUT2D eigenvalue weighted by molar-refractivity contribution is -0.138. The number of carboxylic acids is 2. The van der Waals surface area contributed by atoms with E-state index >= 15 is 0 Å². The highest BCUT2D eigenvalue weighted by Crippen LogP contribution is 2.12. The lowest BCUT2D eigenvalue weighted by atomic mass is 10.1. The molecule has 0 aromatic rings. The molecule has 0 saturated heterocycles. The van der Waals surface area contributed by atoms with Gasteiger partial charge in [0.2, 0.25) is 0 Å². The molecule has 0 spiro atoms. The molecule has 1 rings (SSSR count). The van der Waals surface area contributed by atoms with Crippen molar-refractivity contribution in [2.24, 2.45) is 4.99 Å². The van der Waals surface area contributed by atoms with Gasteiger partial charge in [-0.3, -0.25) is 9.79 Å². The summed E-state index contributed by atoms with van der Waals surface area (Å²) in [6.07, 6.45) is 11.3. The molecule has 0 aromatic carbocycles. The van der Waals surface area contributed by atoms with Gasteiger partial charge in [0.15, 0.2) is 0 Å². The van der Waals surface area contributed by atoms with E-state index < -0.39 is 11.9 Å². The van der Waals surface area contributed by atoms with E-state index in [1.807, 2.05) is 0 Å². The van der Waals surface area contributed by atoms with Gasteiger partial charge in [-0.25, -0.2) is 4.79 Å². The van der Waals surface area contributed by atoms with Crippen molar-refractivity contribution in [1.29, 1.82) is 0 Å². The second-order valence-electron chi connectivity index (χ2n) is 6.45. The molecule has 0 saturated carbocycles. The van der Waals surface area contributed by atoms with E-state index in [1.54, 1.807) is 0 Å². The zero-order valence-electron chi connectivity index (χ0n) is 16.7. The van der Waals surface area contributed by atoms with Gasteiger partial charge in [0.05, 0.1) is 32.0 Å². The second kappa shape index (κ2) is 17.5. The van der Waals surface area contributed by atoms with Gasteiger partial charge in [0.1, 0.15) is 0 Å². The zero-order chi connectivity index (χ0) is 20.3. The summed E-state index contributed by atoms with van der Waals surface area (Å²) in [6, 6.07) is 0. The number of aliphatic carboxylic acids is 2. The van der Waals surface area contributed by atoms with Crippen LogP contribution >= 0.6 is 0 Å². The van der Waals surface area contributed by atoms with Crippen LogP contribution in [-0.4, -0.2) is 65.7 Å². The molecule has 0 aliphatic carbocycles. The summed E-state index contributed by atoms with van der Waals surface area (Å²) in [5.41, 5.74) is 0. The Hall–Kier alpha value is -1.89. The molecule has 0 bridgehead atoms. The quantitative estimate of drug-likeness (QED) is 0.331. The van der Waals surface area contributed by atoms with E-state index in [0.29, 0.717) is 13.2 Å². The molecule has 0 fully saturated rings. The van der Waals surface area contributed by atoms with Gasteiger partial charge in [-0.2, -0.15) is 0 Å². The summed E-state index contributed by atoms with van der Waals surface area (Å²) in [4.78, 5) is 26.5. The first-order valence-corrected chi connectivity index (χ1v) is 9.94. The molecule has 156 valence electrons. The summed E-state index contributed by atoms with van der Waals surface area (Å²) >= 11 is 0. The van der Waals surface area contributed by atoms with Gasteiger partial charge >= 0.3 is 11.9 Å². The van der Waals surface area contributed by atoms with Crippen LogP contribution in [0.2, 0.25) is 0 Å². The van der Waals surface area contributed by atoms with E-state index in [2.05, 4.69) is 23.4 Å². The second-order valence-corrected chi connectivity index (χ2v) is 6.45. The highest BCUT2D eigenvalue weighted by atomic mass is 16.5. The topological polar surface area (TPSA) is 99.4 Å². The first-order chi connectivity index (χ1) is 13.0. The largest absolute Gasteiger partial charge is 0.481 e. The number of hydrogen-bond donors (Lipinski definition) is 2. The van der Waals surface area contributed by atoms with Crippen molar-refractivity contribution in [1.82, 2.24) is 4.90 Å². The van der Waals surface area contributed by atoms with Gasteiger partial charge in [0.25, 0.3) is 0 Å². The van der Waals surface area contributed by atoms with Crippen molar-refractivity contribution in [3.8, 4) is 0 Å². The number of ether oxygens (including phenoxy) is 1. The molecule has 7 heteroatoms. The maximum absolute atomic E-state index is 10.4. The summed E-state index contributed by atoms with van der Waals surface area (Å²) in [5, 5.41) is 16.1. The maximum atomic E-state index is 10.4. The monoisotopic (exact) mass is 384 g/mol. The lowest BCUT2D eigenvalue weighted by Crippen LogP contribution is -2.31. The van der Waals surface area contributed by atoms with Crippen molar-refractivity contribution >= 4 is 17.8 Å². The number of amidine groups is 1. The standard InChI is InChI=1S/C17H32N2O3.C3H4O2/c1-2-3-4-5-6-7-8-9-16-18-11-12-19(16)13-15-22-14-10-17(20)21;1-2-3(4)5/h2-15H2,1H3,(H,20,21);2H,1H2,(H,4,5). The van der Waals surface area contributed by atoms with Crippen molar-refractivity contribution < 1.29 is 24.5 Å². The Morgan fingerprint density at radius 1 is 1.15 bits per heavy atom. The third kappa shape index (κ3) is 16.0. The predicted octanol–water partition coefficient (Wildman–Crippen LogP) is 3.59. The summed E-state index contributed by atoms with van der Waals surface area (Å²) < 4.78 is 5.36. The van der Waals surface area contributed by atoms with Crippen LogP contribution in [0.5, 0.6) is 0 Å². The summed E-state index contributed by atoms with van der Waals surface area (Å²) in [5.74, 6) is -0.567. The molecule has 0 unspecified atom stereocenters. The Bertz CT molecular complexity index is 452. The van der Waals surface area contributed by atoms with Gasteiger partial charge < -0.3 is 19.8 Å². The third-order valence-electron chi connectivity index (χ3n) is 4.17. The molecule has 1 aliphatic rings. The molecule has 2 N–H and O–H groups in total. The average Bonchev–Trinajstić information content (AvgIpc) is 3.08. The SMILES string of the molecule is C=CC(=O)O.CCCCCCCCCC1=NCCN1CCOCCC(=O)O. The molecule has 0 aromatic heterocycles. The van der Waals surface area contributed by atoms with E-state index in [1.165, 1.54) is 50.8 Å². The minimum atomic E-state index is -0.981. The van der Waals surface area contributed by atoms with Crippen molar-refractivity contribution in [2.45, 2.75) is 64.7 Å². The first-order valence-electron chi connectivity index (χ1n) is 9.94. The Morgan fingerprint density at radius 3 is 2.37 bits per heavy atom. The number of carboxylic acid groups (broad SMARTS) is 2. The van der Waals surface area contributed by atoms with Crippen LogP contribution < -0.4 is 0 Å². The van der Waals surface area contributed by atoms with Crippen LogP contribution in [0.3, 0.4) is 0 Å². The molecule has 0 radical (unpaired) electrons. The van der Waals surface area contributed by atoms with Crippen LogP contribution in [0, 0.1) is 0 Å². The zero-order valence-corrected chi connectivity index (χ0v) is 16.7.